The number of benzene rings is 1. The van der Waals surface area contributed by atoms with Gasteiger partial charge in [0.15, 0.2) is 0 Å². The molecule has 0 aliphatic carbocycles. The second kappa shape index (κ2) is 6.54. The van der Waals surface area contributed by atoms with Crippen molar-refractivity contribution < 1.29 is 14.7 Å². The van der Waals surface area contributed by atoms with Crippen molar-refractivity contribution in [3.05, 3.63) is 57.8 Å². The lowest BCUT2D eigenvalue weighted by atomic mass is 9.94. The number of thiophene rings is 1. The van der Waals surface area contributed by atoms with Crippen LogP contribution < -0.4 is 5.32 Å². The minimum atomic E-state index is -0.938. The van der Waals surface area contributed by atoms with Crippen LogP contribution in [-0.4, -0.2) is 17.0 Å². The minimum absolute atomic E-state index is 0.232. The Hall–Kier alpha value is -2.14. The van der Waals surface area contributed by atoms with E-state index in [2.05, 4.69) is 5.32 Å². The maximum Gasteiger partial charge on any atom is 0.308 e. The molecule has 0 aliphatic heterocycles. The third-order valence-corrected chi connectivity index (χ3v) is 4.42. The van der Waals surface area contributed by atoms with Gasteiger partial charge < -0.3 is 10.4 Å². The summed E-state index contributed by atoms with van der Waals surface area (Å²) >= 11 is 1.36. The van der Waals surface area contributed by atoms with E-state index in [1.165, 1.54) is 11.3 Å². The molecule has 2 rings (SSSR count). The van der Waals surface area contributed by atoms with Crippen LogP contribution in [0.15, 0.2) is 41.8 Å². The first-order valence-corrected chi connectivity index (χ1v) is 7.51. The Morgan fingerprint density at radius 1 is 1.19 bits per heavy atom. The van der Waals surface area contributed by atoms with E-state index >= 15 is 0 Å². The number of nitrogens with one attached hydrogen (secondary N) is 1. The molecule has 1 heterocycles. The molecule has 0 unspecified atom stereocenters. The standard InChI is InChI=1S/C16H17NO3S/c1-10-8-9-21-14(10)15(18)17-13(11(2)16(19)20)12-6-4-3-5-7-12/h3-9,11,13H,1-2H3,(H,17,18)(H,19,20)/t11-,13-/m1/s1. The average molecular weight is 303 g/mol. The zero-order chi connectivity index (χ0) is 15.4. The number of aliphatic carboxylic acids is 1. The maximum atomic E-state index is 12.3. The molecule has 2 N–H and O–H groups in total. The fourth-order valence-electron chi connectivity index (χ4n) is 2.11. The lowest BCUT2D eigenvalue weighted by Gasteiger charge is -2.22. The molecule has 2 aromatic rings. The molecule has 0 bridgehead atoms. The zero-order valence-electron chi connectivity index (χ0n) is 11.9. The third kappa shape index (κ3) is 3.49. The Morgan fingerprint density at radius 3 is 2.38 bits per heavy atom. The molecule has 0 aliphatic rings. The Morgan fingerprint density at radius 2 is 1.86 bits per heavy atom. The number of rotatable bonds is 5. The summed E-state index contributed by atoms with van der Waals surface area (Å²) in [5.74, 6) is -1.88. The summed E-state index contributed by atoms with van der Waals surface area (Å²) in [6, 6.07) is 10.5. The molecule has 5 heteroatoms. The summed E-state index contributed by atoms with van der Waals surface area (Å²) in [4.78, 5) is 24.3. The first-order valence-electron chi connectivity index (χ1n) is 6.63. The molecule has 0 fully saturated rings. The molecule has 2 atom stereocenters. The molecule has 21 heavy (non-hydrogen) atoms. The summed E-state index contributed by atoms with van der Waals surface area (Å²) in [5, 5.41) is 14.0. The van der Waals surface area contributed by atoms with Crippen LogP contribution in [0.1, 0.15) is 33.8 Å². The SMILES string of the molecule is Cc1ccsc1C(=O)N[C@@H](c1ccccc1)[C@@H](C)C(=O)O. The van der Waals surface area contributed by atoms with E-state index in [-0.39, 0.29) is 5.91 Å². The van der Waals surface area contributed by atoms with Gasteiger partial charge in [0.05, 0.1) is 16.8 Å². The van der Waals surface area contributed by atoms with E-state index in [4.69, 9.17) is 0 Å². The van der Waals surface area contributed by atoms with Gasteiger partial charge in [-0.05, 0) is 36.4 Å². The van der Waals surface area contributed by atoms with Crippen LogP contribution in [0.25, 0.3) is 0 Å². The number of aryl methyl sites for hydroxylation is 1. The van der Waals surface area contributed by atoms with E-state index in [1.807, 2.05) is 48.7 Å². The van der Waals surface area contributed by atoms with Crippen molar-refractivity contribution in [2.24, 2.45) is 5.92 Å². The van der Waals surface area contributed by atoms with Gasteiger partial charge >= 0.3 is 5.97 Å². The lowest BCUT2D eigenvalue weighted by molar-refractivity contribution is -0.142. The number of hydrogen-bond acceptors (Lipinski definition) is 3. The molecular weight excluding hydrogens is 286 g/mol. The smallest absolute Gasteiger partial charge is 0.308 e. The van der Waals surface area contributed by atoms with Crippen LogP contribution in [-0.2, 0) is 4.79 Å². The highest BCUT2D eigenvalue weighted by Gasteiger charge is 2.27. The van der Waals surface area contributed by atoms with Crippen LogP contribution in [0.4, 0.5) is 0 Å². The summed E-state index contributed by atoms with van der Waals surface area (Å²) in [5.41, 5.74) is 1.68. The van der Waals surface area contributed by atoms with Crippen molar-refractivity contribution in [3.63, 3.8) is 0 Å². The van der Waals surface area contributed by atoms with Crippen LogP contribution in [0.2, 0.25) is 0 Å². The Labute approximate surface area is 127 Å². The van der Waals surface area contributed by atoms with E-state index in [0.717, 1.165) is 11.1 Å². The first-order chi connectivity index (χ1) is 10.0. The van der Waals surface area contributed by atoms with Gasteiger partial charge in [0.25, 0.3) is 5.91 Å². The van der Waals surface area contributed by atoms with Crippen LogP contribution in [0, 0.1) is 12.8 Å². The molecule has 110 valence electrons. The van der Waals surface area contributed by atoms with Gasteiger partial charge in [0.1, 0.15) is 0 Å². The van der Waals surface area contributed by atoms with Gasteiger partial charge in [0, 0.05) is 0 Å². The van der Waals surface area contributed by atoms with Crippen molar-refractivity contribution in [2.45, 2.75) is 19.9 Å². The maximum absolute atomic E-state index is 12.3. The Bertz CT molecular complexity index is 636. The quantitative estimate of drug-likeness (QED) is 0.891. The van der Waals surface area contributed by atoms with Crippen LogP contribution in [0.5, 0.6) is 0 Å². The summed E-state index contributed by atoms with van der Waals surface area (Å²) in [6.07, 6.45) is 0. The average Bonchev–Trinajstić information content (AvgIpc) is 2.91. The zero-order valence-corrected chi connectivity index (χ0v) is 12.7. The number of carbonyl (C=O) groups is 2. The van der Waals surface area contributed by atoms with E-state index in [1.54, 1.807) is 6.92 Å². The highest BCUT2D eigenvalue weighted by molar-refractivity contribution is 7.12. The van der Waals surface area contributed by atoms with Gasteiger partial charge in [-0.3, -0.25) is 9.59 Å². The van der Waals surface area contributed by atoms with Crippen molar-refractivity contribution in [2.75, 3.05) is 0 Å². The number of carbonyl (C=O) groups excluding carboxylic acids is 1. The van der Waals surface area contributed by atoms with Gasteiger partial charge in [0.2, 0.25) is 0 Å². The third-order valence-electron chi connectivity index (χ3n) is 3.40. The minimum Gasteiger partial charge on any atom is -0.481 e. The molecular formula is C16H17NO3S. The highest BCUT2D eigenvalue weighted by atomic mass is 32.1. The Kier molecular flexibility index (Phi) is 4.75. The summed E-state index contributed by atoms with van der Waals surface area (Å²) in [7, 11) is 0. The predicted molar refractivity (Wildman–Crippen MR) is 82.5 cm³/mol. The number of amides is 1. The Balaban J connectivity index is 2.27. The molecule has 0 spiro atoms. The molecule has 1 aromatic carbocycles. The number of carboxylic acid groups (broad SMARTS) is 1. The molecule has 0 saturated heterocycles. The fourth-order valence-corrected chi connectivity index (χ4v) is 2.94. The second-order valence-electron chi connectivity index (χ2n) is 4.92. The molecule has 1 aromatic heterocycles. The van der Waals surface area contributed by atoms with Crippen molar-refractivity contribution >= 4 is 23.2 Å². The largest absolute Gasteiger partial charge is 0.481 e. The highest BCUT2D eigenvalue weighted by Crippen LogP contribution is 2.24. The van der Waals surface area contributed by atoms with E-state index in [9.17, 15) is 14.7 Å². The van der Waals surface area contributed by atoms with Crippen molar-refractivity contribution in [1.29, 1.82) is 0 Å². The summed E-state index contributed by atoms with van der Waals surface area (Å²) < 4.78 is 0. The monoisotopic (exact) mass is 303 g/mol. The van der Waals surface area contributed by atoms with Gasteiger partial charge in [-0.1, -0.05) is 30.3 Å². The first kappa shape index (κ1) is 15.3. The van der Waals surface area contributed by atoms with Crippen molar-refractivity contribution in [3.8, 4) is 0 Å². The van der Waals surface area contributed by atoms with Gasteiger partial charge in [-0.2, -0.15) is 0 Å². The molecule has 4 nitrogen and oxygen atoms in total. The fraction of sp³-hybridized carbons (Fsp3) is 0.250. The molecule has 1 amide bonds. The summed E-state index contributed by atoms with van der Waals surface area (Å²) in [6.45, 7) is 3.46. The van der Waals surface area contributed by atoms with E-state index in [0.29, 0.717) is 4.88 Å². The van der Waals surface area contributed by atoms with Gasteiger partial charge in [-0.25, -0.2) is 0 Å². The van der Waals surface area contributed by atoms with Crippen LogP contribution in [0.3, 0.4) is 0 Å². The lowest BCUT2D eigenvalue weighted by Crippen LogP contribution is -2.35. The second-order valence-corrected chi connectivity index (χ2v) is 5.84. The number of hydrogen-bond donors (Lipinski definition) is 2. The number of carboxylic acids is 1. The molecule has 0 saturated carbocycles. The van der Waals surface area contributed by atoms with Crippen LogP contribution >= 0.6 is 11.3 Å². The van der Waals surface area contributed by atoms with Gasteiger partial charge in [-0.15, -0.1) is 11.3 Å². The molecule has 0 radical (unpaired) electrons. The normalized spacial score (nSPS) is 13.4. The van der Waals surface area contributed by atoms with E-state index < -0.39 is 17.9 Å². The predicted octanol–water partition coefficient (Wildman–Crippen LogP) is 3.25. The topological polar surface area (TPSA) is 66.4 Å². The van der Waals surface area contributed by atoms with Crippen molar-refractivity contribution in [1.82, 2.24) is 5.32 Å².